The Kier molecular flexibility index (Phi) is 6.03. The quantitative estimate of drug-likeness (QED) is 0.769. The summed E-state index contributed by atoms with van der Waals surface area (Å²) in [6.45, 7) is 2.72. The second kappa shape index (κ2) is 8.00. The first kappa shape index (κ1) is 16.6. The van der Waals surface area contributed by atoms with Gasteiger partial charge in [0.1, 0.15) is 0 Å². The highest BCUT2D eigenvalue weighted by Gasteiger charge is 2.09. The second-order valence-corrected chi connectivity index (χ2v) is 5.93. The lowest BCUT2D eigenvalue weighted by Crippen LogP contribution is -2.28. The maximum atomic E-state index is 12.1. The first-order valence-electron chi connectivity index (χ1n) is 7.22. The highest BCUT2D eigenvalue weighted by atomic mass is 32.2. The van der Waals surface area contributed by atoms with Crippen molar-refractivity contribution in [2.24, 2.45) is 5.92 Å². The highest BCUT2D eigenvalue weighted by Crippen LogP contribution is 2.18. The Balaban J connectivity index is 2.01. The van der Waals surface area contributed by atoms with E-state index in [-0.39, 0.29) is 18.4 Å². The Labute approximate surface area is 134 Å². The van der Waals surface area contributed by atoms with E-state index in [4.69, 9.17) is 5.11 Å². The van der Waals surface area contributed by atoms with E-state index in [1.165, 1.54) is 0 Å². The predicted molar refractivity (Wildman–Crippen MR) is 88.5 cm³/mol. The molecule has 0 saturated heterocycles. The molecule has 0 aliphatic heterocycles. The third-order valence-electron chi connectivity index (χ3n) is 3.43. The van der Waals surface area contributed by atoms with Gasteiger partial charge in [-0.3, -0.25) is 9.36 Å². The van der Waals surface area contributed by atoms with Gasteiger partial charge in [-0.15, -0.1) is 0 Å². The van der Waals surface area contributed by atoms with Crippen molar-refractivity contribution in [3.8, 4) is 5.69 Å². The standard InChI is InChI=1S/C16H21N3O2S/c1-12(7-10-20)11-18-15(21)13-3-5-14(6-4-13)19-9-8-17-16(19)22-2/h3-6,8-9,12,20H,7,10-11H2,1-2H3,(H,18,21). The summed E-state index contributed by atoms with van der Waals surface area (Å²) in [6, 6.07) is 7.44. The molecule has 0 fully saturated rings. The molecule has 5 nitrogen and oxygen atoms in total. The lowest BCUT2D eigenvalue weighted by atomic mass is 10.1. The van der Waals surface area contributed by atoms with Gasteiger partial charge in [0.2, 0.25) is 0 Å². The van der Waals surface area contributed by atoms with E-state index in [2.05, 4.69) is 10.3 Å². The Morgan fingerprint density at radius 2 is 2.14 bits per heavy atom. The largest absolute Gasteiger partial charge is 0.396 e. The van der Waals surface area contributed by atoms with Gasteiger partial charge in [-0.25, -0.2) is 4.98 Å². The topological polar surface area (TPSA) is 67.2 Å². The molecule has 0 saturated carbocycles. The van der Waals surface area contributed by atoms with Gasteiger partial charge in [-0.2, -0.15) is 0 Å². The van der Waals surface area contributed by atoms with E-state index in [1.54, 1.807) is 18.0 Å². The molecule has 22 heavy (non-hydrogen) atoms. The number of hydrogen-bond donors (Lipinski definition) is 2. The molecule has 0 aliphatic carbocycles. The fraction of sp³-hybridized carbons (Fsp3) is 0.375. The number of nitrogens with zero attached hydrogens (tertiary/aromatic N) is 2. The minimum atomic E-state index is -0.0907. The molecule has 1 aromatic carbocycles. The molecule has 1 atom stereocenters. The monoisotopic (exact) mass is 319 g/mol. The van der Waals surface area contributed by atoms with Crippen molar-refractivity contribution < 1.29 is 9.90 Å². The molecule has 1 aromatic heterocycles. The van der Waals surface area contributed by atoms with E-state index >= 15 is 0 Å². The van der Waals surface area contributed by atoms with Crippen molar-refractivity contribution in [2.45, 2.75) is 18.5 Å². The van der Waals surface area contributed by atoms with Gasteiger partial charge in [0, 0.05) is 36.8 Å². The van der Waals surface area contributed by atoms with Crippen LogP contribution in [0.4, 0.5) is 0 Å². The number of hydrogen-bond acceptors (Lipinski definition) is 4. The van der Waals surface area contributed by atoms with Crippen molar-refractivity contribution in [3.63, 3.8) is 0 Å². The van der Waals surface area contributed by atoms with Crippen LogP contribution < -0.4 is 5.32 Å². The van der Waals surface area contributed by atoms with Crippen molar-refractivity contribution in [2.75, 3.05) is 19.4 Å². The lowest BCUT2D eigenvalue weighted by molar-refractivity contribution is 0.0945. The van der Waals surface area contributed by atoms with Crippen LogP contribution in [0.15, 0.2) is 41.8 Å². The van der Waals surface area contributed by atoms with E-state index in [9.17, 15) is 4.79 Å². The number of aliphatic hydroxyl groups is 1. The maximum Gasteiger partial charge on any atom is 0.251 e. The van der Waals surface area contributed by atoms with Crippen LogP contribution in [0, 0.1) is 5.92 Å². The van der Waals surface area contributed by atoms with Gasteiger partial charge < -0.3 is 10.4 Å². The van der Waals surface area contributed by atoms with Crippen molar-refractivity contribution in [1.29, 1.82) is 0 Å². The Morgan fingerprint density at radius 1 is 1.41 bits per heavy atom. The molecule has 2 aromatic rings. The molecular formula is C16H21N3O2S. The fourth-order valence-corrected chi connectivity index (χ4v) is 2.63. The number of imidazole rings is 1. The predicted octanol–water partition coefficient (Wildman–Crippen LogP) is 2.34. The summed E-state index contributed by atoms with van der Waals surface area (Å²) in [5, 5.41) is 12.7. The van der Waals surface area contributed by atoms with Crippen LogP contribution in [-0.4, -0.2) is 40.0 Å². The Morgan fingerprint density at radius 3 is 2.77 bits per heavy atom. The third kappa shape index (κ3) is 4.11. The summed E-state index contributed by atoms with van der Waals surface area (Å²) in [5.41, 5.74) is 1.61. The van der Waals surface area contributed by atoms with Gasteiger partial charge >= 0.3 is 0 Å². The molecule has 2 rings (SSSR count). The number of carbonyl (C=O) groups is 1. The summed E-state index contributed by atoms with van der Waals surface area (Å²) in [4.78, 5) is 16.3. The molecule has 6 heteroatoms. The average molecular weight is 319 g/mol. The van der Waals surface area contributed by atoms with E-state index < -0.39 is 0 Å². The first-order valence-corrected chi connectivity index (χ1v) is 8.45. The molecular weight excluding hydrogens is 298 g/mol. The minimum absolute atomic E-state index is 0.0907. The summed E-state index contributed by atoms with van der Waals surface area (Å²) in [5.74, 6) is 0.176. The number of aromatic nitrogens is 2. The van der Waals surface area contributed by atoms with E-state index in [1.807, 2.05) is 48.2 Å². The van der Waals surface area contributed by atoms with Crippen molar-refractivity contribution >= 4 is 17.7 Å². The number of carbonyl (C=O) groups excluding carboxylic acids is 1. The van der Waals surface area contributed by atoms with Crippen LogP contribution in [-0.2, 0) is 0 Å². The third-order valence-corrected chi connectivity index (χ3v) is 4.10. The van der Waals surface area contributed by atoms with Crippen LogP contribution in [0.2, 0.25) is 0 Å². The summed E-state index contributed by atoms with van der Waals surface area (Å²) >= 11 is 1.58. The Bertz CT molecular complexity index is 610. The normalized spacial score (nSPS) is 12.1. The number of benzene rings is 1. The molecule has 2 N–H and O–H groups in total. The van der Waals surface area contributed by atoms with Crippen LogP contribution in [0.5, 0.6) is 0 Å². The molecule has 1 amide bonds. The van der Waals surface area contributed by atoms with Gasteiger partial charge in [0.15, 0.2) is 5.16 Å². The number of rotatable bonds is 7. The van der Waals surface area contributed by atoms with Crippen LogP contribution in [0.3, 0.4) is 0 Å². The van der Waals surface area contributed by atoms with Crippen LogP contribution in [0.1, 0.15) is 23.7 Å². The molecule has 1 unspecified atom stereocenters. The highest BCUT2D eigenvalue weighted by molar-refractivity contribution is 7.98. The lowest BCUT2D eigenvalue weighted by Gasteiger charge is -2.11. The maximum absolute atomic E-state index is 12.1. The van der Waals surface area contributed by atoms with Crippen molar-refractivity contribution in [3.05, 3.63) is 42.2 Å². The minimum Gasteiger partial charge on any atom is -0.396 e. The number of nitrogens with one attached hydrogen (secondary N) is 1. The van der Waals surface area contributed by atoms with Crippen molar-refractivity contribution in [1.82, 2.24) is 14.9 Å². The number of aliphatic hydroxyl groups excluding tert-OH is 1. The van der Waals surface area contributed by atoms with E-state index in [0.717, 1.165) is 10.8 Å². The van der Waals surface area contributed by atoms with Gasteiger partial charge in [0.05, 0.1) is 0 Å². The molecule has 0 radical (unpaired) electrons. The first-order chi connectivity index (χ1) is 10.7. The van der Waals surface area contributed by atoms with Gasteiger partial charge in [-0.1, -0.05) is 18.7 Å². The van der Waals surface area contributed by atoms with E-state index in [0.29, 0.717) is 18.5 Å². The number of amides is 1. The Hall–Kier alpha value is -1.79. The molecule has 0 bridgehead atoms. The zero-order valence-electron chi connectivity index (χ0n) is 12.8. The zero-order valence-corrected chi connectivity index (χ0v) is 13.6. The summed E-state index contributed by atoms with van der Waals surface area (Å²) in [6.07, 6.45) is 6.33. The van der Waals surface area contributed by atoms with Gasteiger partial charge in [0.25, 0.3) is 5.91 Å². The summed E-state index contributed by atoms with van der Waals surface area (Å²) in [7, 11) is 0. The van der Waals surface area contributed by atoms with Crippen LogP contribution in [0.25, 0.3) is 5.69 Å². The smallest absolute Gasteiger partial charge is 0.251 e. The SMILES string of the molecule is CSc1nccn1-c1ccc(C(=O)NCC(C)CCO)cc1. The van der Waals surface area contributed by atoms with Crippen LogP contribution >= 0.6 is 11.8 Å². The molecule has 0 aliphatic rings. The van der Waals surface area contributed by atoms with Gasteiger partial charge in [-0.05, 0) is 42.9 Å². The fourth-order valence-electron chi connectivity index (χ4n) is 2.10. The molecule has 0 spiro atoms. The second-order valence-electron chi connectivity index (χ2n) is 5.16. The number of thioether (sulfide) groups is 1. The molecule has 1 heterocycles. The summed E-state index contributed by atoms with van der Waals surface area (Å²) < 4.78 is 1.98. The molecule has 118 valence electrons. The zero-order chi connectivity index (χ0) is 15.9. The average Bonchev–Trinajstić information content (AvgIpc) is 3.01.